The first kappa shape index (κ1) is 19.9. The number of H-pyrrole nitrogens is 1. The molecule has 1 fully saturated rings. The van der Waals surface area contributed by atoms with Crippen molar-refractivity contribution in [1.29, 1.82) is 0 Å². The van der Waals surface area contributed by atoms with Crippen LogP contribution in [0, 0.1) is 0 Å². The molecule has 0 aliphatic carbocycles. The fourth-order valence-electron chi connectivity index (χ4n) is 3.69. The molecular weight excluding hydrogens is 408 g/mol. The van der Waals surface area contributed by atoms with Gasteiger partial charge in [0.1, 0.15) is 5.82 Å². The fourth-order valence-corrected chi connectivity index (χ4v) is 6.37. The van der Waals surface area contributed by atoms with E-state index in [2.05, 4.69) is 21.8 Å². The first-order valence-corrected chi connectivity index (χ1v) is 12.1. The number of nitrogens with one attached hydrogen (secondary N) is 1. The van der Waals surface area contributed by atoms with Gasteiger partial charge >= 0.3 is 0 Å². The number of carbonyl (C=O) groups is 1. The van der Waals surface area contributed by atoms with Crippen LogP contribution < -0.4 is 0 Å². The summed E-state index contributed by atoms with van der Waals surface area (Å²) in [7, 11) is -3.02. The largest absolute Gasteiger partial charge is 0.360 e. The number of Topliss-reactive ketones (excluding diaryl/α,β-unsaturated/α-hetero) is 1. The highest BCUT2D eigenvalue weighted by Crippen LogP contribution is 2.32. The summed E-state index contributed by atoms with van der Waals surface area (Å²) >= 11 is 1.33. The van der Waals surface area contributed by atoms with Crippen molar-refractivity contribution in [2.24, 2.45) is 0 Å². The Labute approximate surface area is 173 Å². The molecule has 0 radical (unpaired) electrons. The summed E-state index contributed by atoms with van der Waals surface area (Å²) in [5, 5.41) is 9.66. The van der Waals surface area contributed by atoms with E-state index in [1.807, 2.05) is 35.8 Å². The number of aromatic nitrogens is 4. The number of benzene rings is 1. The number of sulfone groups is 1. The molecule has 3 aromatic rings. The summed E-state index contributed by atoms with van der Waals surface area (Å²) in [5.74, 6) is 0.764. The van der Waals surface area contributed by atoms with Crippen LogP contribution in [0.3, 0.4) is 0 Å². The van der Waals surface area contributed by atoms with E-state index in [-0.39, 0.29) is 28.5 Å². The van der Waals surface area contributed by atoms with Crippen LogP contribution in [0.5, 0.6) is 0 Å². The van der Waals surface area contributed by atoms with E-state index in [9.17, 15) is 13.2 Å². The predicted molar refractivity (Wildman–Crippen MR) is 114 cm³/mol. The quantitative estimate of drug-likeness (QED) is 0.351. The Hall–Kier alpha value is -2.39. The first-order chi connectivity index (χ1) is 13.9. The van der Waals surface area contributed by atoms with Crippen LogP contribution in [0.1, 0.15) is 35.4 Å². The molecule has 3 heterocycles. The number of ketones is 1. The highest BCUT2D eigenvalue weighted by molar-refractivity contribution is 8.00. The van der Waals surface area contributed by atoms with E-state index in [4.69, 9.17) is 0 Å². The Morgan fingerprint density at radius 3 is 2.93 bits per heavy atom. The summed E-state index contributed by atoms with van der Waals surface area (Å²) in [5.41, 5.74) is 1.57. The Bertz CT molecular complexity index is 1180. The highest BCUT2D eigenvalue weighted by Gasteiger charge is 2.33. The topological polar surface area (TPSA) is 97.7 Å². The van der Waals surface area contributed by atoms with E-state index in [0.717, 1.165) is 10.9 Å². The van der Waals surface area contributed by atoms with Gasteiger partial charge in [0.05, 0.1) is 16.8 Å². The number of aromatic amines is 1. The lowest BCUT2D eigenvalue weighted by Crippen LogP contribution is -2.15. The molecule has 0 amide bonds. The average Bonchev–Trinajstić information content (AvgIpc) is 3.39. The summed E-state index contributed by atoms with van der Waals surface area (Å²) < 4.78 is 25.6. The third kappa shape index (κ3) is 3.89. The maximum Gasteiger partial charge on any atom is 0.192 e. The molecule has 1 N–H and O–H groups in total. The van der Waals surface area contributed by atoms with Crippen LogP contribution in [0.2, 0.25) is 0 Å². The molecule has 2 unspecified atom stereocenters. The van der Waals surface area contributed by atoms with Crippen molar-refractivity contribution in [3.8, 4) is 0 Å². The number of nitrogens with zero attached hydrogens (tertiary/aromatic N) is 3. The van der Waals surface area contributed by atoms with Crippen LogP contribution in [0.15, 0.2) is 48.3 Å². The fraction of sp³-hybridized carbons (Fsp3) is 0.350. The molecule has 0 spiro atoms. The van der Waals surface area contributed by atoms with E-state index < -0.39 is 9.84 Å². The zero-order valence-electron chi connectivity index (χ0n) is 16.0. The summed E-state index contributed by atoms with van der Waals surface area (Å²) in [6.45, 7) is 6.10. The number of hydrogen-bond acceptors (Lipinski definition) is 6. The molecule has 7 nitrogen and oxygen atoms in total. The zero-order chi connectivity index (χ0) is 20.6. The molecule has 2 aromatic heterocycles. The van der Waals surface area contributed by atoms with Crippen molar-refractivity contribution in [2.75, 3.05) is 11.5 Å². The third-order valence-corrected chi connectivity index (χ3v) is 8.01. The number of rotatable bonds is 7. The van der Waals surface area contributed by atoms with Gasteiger partial charge in [0, 0.05) is 35.1 Å². The lowest BCUT2D eigenvalue weighted by Gasteiger charge is -2.13. The third-order valence-electron chi connectivity index (χ3n) is 5.16. The molecule has 0 saturated carbocycles. The molecular formula is C20H22N4O3S2. The molecule has 2 atom stereocenters. The number of hydrogen-bond donors (Lipinski definition) is 1. The second kappa shape index (κ2) is 7.79. The van der Waals surface area contributed by atoms with Gasteiger partial charge in [-0.3, -0.25) is 4.79 Å². The average molecular weight is 431 g/mol. The maximum atomic E-state index is 13.0. The molecule has 1 aliphatic rings. The first-order valence-electron chi connectivity index (χ1n) is 9.41. The SMILES string of the molecule is C=CCn1c(SC(C)C(=O)c2c[nH]c3ccccc23)nnc1C1CCS(=O)(=O)C1. The number of allylic oxidation sites excluding steroid dienone is 1. The van der Waals surface area contributed by atoms with E-state index in [1.165, 1.54) is 11.8 Å². The van der Waals surface area contributed by atoms with Crippen LogP contribution >= 0.6 is 11.8 Å². The monoisotopic (exact) mass is 430 g/mol. The molecule has 29 heavy (non-hydrogen) atoms. The lowest BCUT2D eigenvalue weighted by atomic mass is 10.1. The van der Waals surface area contributed by atoms with Crippen LogP contribution in [0.4, 0.5) is 0 Å². The maximum absolute atomic E-state index is 13.0. The molecule has 1 aliphatic heterocycles. The minimum Gasteiger partial charge on any atom is -0.360 e. The molecule has 1 aromatic carbocycles. The van der Waals surface area contributed by atoms with Gasteiger partial charge in [0.25, 0.3) is 0 Å². The molecule has 1 saturated heterocycles. The van der Waals surface area contributed by atoms with Crippen molar-refractivity contribution in [3.05, 3.63) is 54.5 Å². The van der Waals surface area contributed by atoms with Gasteiger partial charge in [0.15, 0.2) is 20.8 Å². The summed E-state index contributed by atoms with van der Waals surface area (Å²) in [4.78, 5) is 16.2. The van der Waals surface area contributed by atoms with Gasteiger partial charge in [-0.05, 0) is 19.4 Å². The molecule has 9 heteroatoms. The zero-order valence-corrected chi connectivity index (χ0v) is 17.7. The van der Waals surface area contributed by atoms with E-state index in [1.54, 1.807) is 12.3 Å². The Morgan fingerprint density at radius 1 is 1.41 bits per heavy atom. The standard InChI is InChI=1S/C20H22N4O3S2/c1-3-9-24-19(14-8-10-29(26,27)12-14)22-23-20(24)28-13(2)18(25)16-11-21-17-7-5-4-6-15(16)17/h3-7,11,13-14,21H,1,8-10,12H2,2H3. The Balaban J connectivity index is 1.58. The van der Waals surface area contributed by atoms with Crippen LogP contribution in [0.25, 0.3) is 10.9 Å². The van der Waals surface area contributed by atoms with E-state index >= 15 is 0 Å². The minimum absolute atomic E-state index is 0.00518. The minimum atomic E-state index is -3.02. The lowest BCUT2D eigenvalue weighted by molar-refractivity contribution is 0.0995. The van der Waals surface area contributed by atoms with Gasteiger partial charge in [-0.1, -0.05) is 36.0 Å². The van der Waals surface area contributed by atoms with Crippen LogP contribution in [-0.2, 0) is 16.4 Å². The normalized spacial score (nSPS) is 19.4. The van der Waals surface area contributed by atoms with Crippen molar-refractivity contribution in [1.82, 2.24) is 19.7 Å². The number of carbonyl (C=O) groups excluding carboxylic acids is 1. The molecule has 0 bridgehead atoms. The van der Waals surface area contributed by atoms with Crippen molar-refractivity contribution < 1.29 is 13.2 Å². The van der Waals surface area contributed by atoms with Crippen molar-refractivity contribution in [2.45, 2.75) is 36.2 Å². The highest BCUT2D eigenvalue weighted by atomic mass is 32.2. The number of fused-ring (bicyclic) bond motifs is 1. The Kier molecular flexibility index (Phi) is 5.35. The predicted octanol–water partition coefficient (Wildman–Crippen LogP) is 3.21. The number of para-hydroxylation sites is 1. The van der Waals surface area contributed by atoms with Gasteiger partial charge < -0.3 is 9.55 Å². The second-order valence-electron chi connectivity index (χ2n) is 7.21. The van der Waals surface area contributed by atoms with Gasteiger partial charge in [-0.2, -0.15) is 0 Å². The molecule has 4 rings (SSSR count). The molecule has 152 valence electrons. The van der Waals surface area contributed by atoms with E-state index in [0.29, 0.717) is 29.5 Å². The van der Waals surface area contributed by atoms with Gasteiger partial charge in [-0.15, -0.1) is 16.8 Å². The summed E-state index contributed by atoms with van der Waals surface area (Å²) in [6, 6.07) is 7.70. The summed E-state index contributed by atoms with van der Waals surface area (Å²) in [6.07, 6.45) is 4.02. The second-order valence-corrected chi connectivity index (χ2v) is 10.7. The van der Waals surface area contributed by atoms with Crippen molar-refractivity contribution >= 4 is 38.3 Å². The van der Waals surface area contributed by atoms with Crippen molar-refractivity contribution in [3.63, 3.8) is 0 Å². The Morgan fingerprint density at radius 2 is 2.21 bits per heavy atom. The van der Waals surface area contributed by atoms with Gasteiger partial charge in [-0.25, -0.2) is 8.42 Å². The smallest absolute Gasteiger partial charge is 0.192 e. The van der Waals surface area contributed by atoms with Gasteiger partial charge in [0.2, 0.25) is 0 Å². The number of thioether (sulfide) groups is 1. The van der Waals surface area contributed by atoms with Crippen LogP contribution in [-0.4, -0.2) is 50.7 Å².